The van der Waals surface area contributed by atoms with Crippen molar-refractivity contribution in [2.75, 3.05) is 19.0 Å². The van der Waals surface area contributed by atoms with Gasteiger partial charge in [-0.2, -0.15) is 0 Å². The third-order valence-corrected chi connectivity index (χ3v) is 4.09. The van der Waals surface area contributed by atoms with Gasteiger partial charge in [-0.15, -0.1) is 11.6 Å². The number of alkyl halides is 1. The monoisotopic (exact) mass is 215 g/mol. The first-order valence-corrected chi connectivity index (χ1v) is 6.13. The van der Waals surface area contributed by atoms with Crippen molar-refractivity contribution < 1.29 is 4.79 Å². The first-order chi connectivity index (χ1) is 6.76. The molecule has 1 spiro atoms. The lowest BCUT2D eigenvalue weighted by atomic mass is 9.63. The third-order valence-electron chi connectivity index (χ3n) is 3.90. The minimum Gasteiger partial charge on any atom is -0.343 e. The number of piperidine rings is 1. The highest BCUT2D eigenvalue weighted by atomic mass is 35.5. The molecule has 1 aliphatic carbocycles. The Kier molecular flexibility index (Phi) is 3.01. The Hall–Kier alpha value is -0.240. The van der Waals surface area contributed by atoms with E-state index < -0.39 is 0 Å². The van der Waals surface area contributed by atoms with E-state index in [0.29, 0.717) is 17.7 Å². The molecule has 1 saturated carbocycles. The van der Waals surface area contributed by atoms with Crippen LogP contribution in [0.3, 0.4) is 0 Å². The standard InChI is InChI=1S/C11H18ClNO/c12-7-2-10(14)13-8-5-11(6-9-13)3-1-4-11/h1-9H2. The first-order valence-electron chi connectivity index (χ1n) is 5.60. The van der Waals surface area contributed by atoms with E-state index in [-0.39, 0.29) is 5.91 Å². The average molecular weight is 216 g/mol. The van der Waals surface area contributed by atoms with Gasteiger partial charge < -0.3 is 4.90 Å². The van der Waals surface area contributed by atoms with Crippen molar-refractivity contribution in [3.63, 3.8) is 0 Å². The molecule has 0 radical (unpaired) electrons. The highest BCUT2D eigenvalue weighted by molar-refractivity contribution is 6.18. The number of halogens is 1. The van der Waals surface area contributed by atoms with Gasteiger partial charge in [0, 0.05) is 25.4 Å². The van der Waals surface area contributed by atoms with Gasteiger partial charge in [-0.25, -0.2) is 0 Å². The molecule has 2 nitrogen and oxygen atoms in total. The molecule has 0 aromatic heterocycles. The molecule has 2 fully saturated rings. The number of nitrogens with zero attached hydrogens (tertiary/aromatic N) is 1. The summed E-state index contributed by atoms with van der Waals surface area (Å²) in [5.74, 6) is 0.703. The van der Waals surface area contributed by atoms with Gasteiger partial charge in [0.15, 0.2) is 0 Å². The molecule has 1 saturated heterocycles. The Bertz CT molecular complexity index is 215. The Morgan fingerprint density at radius 2 is 1.86 bits per heavy atom. The number of amides is 1. The Balaban J connectivity index is 1.80. The fourth-order valence-corrected chi connectivity index (χ4v) is 2.81. The van der Waals surface area contributed by atoms with Crippen LogP contribution in [0.1, 0.15) is 38.5 Å². The second-order valence-electron chi connectivity index (χ2n) is 4.67. The zero-order valence-electron chi connectivity index (χ0n) is 8.60. The third kappa shape index (κ3) is 1.90. The van der Waals surface area contributed by atoms with Crippen molar-refractivity contribution in [2.45, 2.75) is 38.5 Å². The van der Waals surface area contributed by atoms with E-state index in [2.05, 4.69) is 0 Å². The SMILES string of the molecule is O=C(CCCl)N1CCC2(CCC2)CC1. The van der Waals surface area contributed by atoms with E-state index in [1.54, 1.807) is 0 Å². The van der Waals surface area contributed by atoms with Crippen LogP contribution in [0.15, 0.2) is 0 Å². The Morgan fingerprint density at radius 1 is 1.21 bits per heavy atom. The van der Waals surface area contributed by atoms with Gasteiger partial charge in [0.25, 0.3) is 0 Å². The number of rotatable bonds is 2. The van der Waals surface area contributed by atoms with Crippen LogP contribution in [0.5, 0.6) is 0 Å². The van der Waals surface area contributed by atoms with Gasteiger partial charge in [-0.1, -0.05) is 6.42 Å². The van der Waals surface area contributed by atoms with Crippen molar-refractivity contribution in [2.24, 2.45) is 5.41 Å². The molecule has 14 heavy (non-hydrogen) atoms. The molecule has 2 rings (SSSR count). The van der Waals surface area contributed by atoms with Gasteiger partial charge in [-0.05, 0) is 31.1 Å². The van der Waals surface area contributed by atoms with Crippen molar-refractivity contribution in [3.05, 3.63) is 0 Å². The predicted molar refractivity (Wildman–Crippen MR) is 57.4 cm³/mol. The summed E-state index contributed by atoms with van der Waals surface area (Å²) in [6.07, 6.45) is 7.14. The molecule has 2 aliphatic rings. The summed E-state index contributed by atoms with van der Waals surface area (Å²) in [5.41, 5.74) is 0.637. The maximum absolute atomic E-state index is 11.6. The normalized spacial score (nSPS) is 24.8. The molecule has 3 heteroatoms. The van der Waals surface area contributed by atoms with Crippen LogP contribution in [0, 0.1) is 5.41 Å². The number of carbonyl (C=O) groups is 1. The second-order valence-corrected chi connectivity index (χ2v) is 5.05. The van der Waals surface area contributed by atoms with E-state index in [9.17, 15) is 4.79 Å². The van der Waals surface area contributed by atoms with Gasteiger partial charge in [0.2, 0.25) is 5.91 Å². The van der Waals surface area contributed by atoms with Gasteiger partial charge in [0.1, 0.15) is 0 Å². The summed E-state index contributed by atoms with van der Waals surface area (Å²) in [6, 6.07) is 0. The number of hydrogen-bond acceptors (Lipinski definition) is 1. The first kappa shape index (κ1) is 10.3. The van der Waals surface area contributed by atoms with Crippen molar-refractivity contribution in [1.29, 1.82) is 0 Å². The maximum Gasteiger partial charge on any atom is 0.223 e. The molecule has 1 heterocycles. The zero-order chi connectivity index (χ0) is 10.0. The minimum atomic E-state index is 0.245. The molecule has 0 aromatic rings. The van der Waals surface area contributed by atoms with E-state index in [4.69, 9.17) is 11.6 Å². The van der Waals surface area contributed by atoms with E-state index in [1.807, 2.05) is 4.90 Å². The molecule has 0 atom stereocenters. The summed E-state index contributed by atoms with van der Waals surface area (Å²) in [7, 11) is 0. The molecule has 0 aromatic carbocycles. The topological polar surface area (TPSA) is 20.3 Å². The molecular weight excluding hydrogens is 198 g/mol. The zero-order valence-corrected chi connectivity index (χ0v) is 9.35. The lowest BCUT2D eigenvalue weighted by Gasteiger charge is -2.48. The highest BCUT2D eigenvalue weighted by Gasteiger charge is 2.40. The highest BCUT2D eigenvalue weighted by Crippen LogP contribution is 2.48. The Labute approximate surface area is 90.6 Å². The smallest absolute Gasteiger partial charge is 0.223 e. The number of hydrogen-bond donors (Lipinski definition) is 0. The van der Waals surface area contributed by atoms with E-state index in [0.717, 1.165) is 13.1 Å². The van der Waals surface area contributed by atoms with Crippen LogP contribution >= 0.6 is 11.6 Å². The fraction of sp³-hybridized carbons (Fsp3) is 0.909. The molecule has 80 valence electrons. The summed E-state index contributed by atoms with van der Waals surface area (Å²) in [5, 5.41) is 0. The number of likely N-dealkylation sites (tertiary alicyclic amines) is 1. The van der Waals surface area contributed by atoms with Crippen LogP contribution in [0.4, 0.5) is 0 Å². The molecule has 1 amide bonds. The fourth-order valence-electron chi connectivity index (χ4n) is 2.65. The summed E-state index contributed by atoms with van der Waals surface area (Å²) < 4.78 is 0. The molecule has 0 unspecified atom stereocenters. The van der Waals surface area contributed by atoms with Crippen LogP contribution < -0.4 is 0 Å². The maximum atomic E-state index is 11.6. The second kappa shape index (κ2) is 4.09. The largest absolute Gasteiger partial charge is 0.343 e. The van der Waals surface area contributed by atoms with Crippen LogP contribution in [0.2, 0.25) is 0 Å². The summed E-state index contributed by atoms with van der Waals surface area (Å²) in [6.45, 7) is 1.94. The van der Waals surface area contributed by atoms with Crippen molar-refractivity contribution in [3.8, 4) is 0 Å². The van der Waals surface area contributed by atoms with Crippen molar-refractivity contribution >= 4 is 17.5 Å². The molecular formula is C11H18ClNO. The van der Waals surface area contributed by atoms with Crippen LogP contribution in [-0.4, -0.2) is 29.8 Å². The van der Waals surface area contributed by atoms with E-state index >= 15 is 0 Å². The summed E-state index contributed by atoms with van der Waals surface area (Å²) >= 11 is 5.56. The van der Waals surface area contributed by atoms with Crippen LogP contribution in [-0.2, 0) is 4.79 Å². The van der Waals surface area contributed by atoms with Gasteiger partial charge >= 0.3 is 0 Å². The van der Waals surface area contributed by atoms with Gasteiger partial charge in [-0.3, -0.25) is 4.79 Å². The molecule has 1 aliphatic heterocycles. The lowest BCUT2D eigenvalue weighted by molar-refractivity contribution is -0.134. The quantitative estimate of drug-likeness (QED) is 0.648. The average Bonchev–Trinajstić information content (AvgIpc) is 2.16. The number of carbonyl (C=O) groups excluding carboxylic acids is 1. The van der Waals surface area contributed by atoms with E-state index in [1.165, 1.54) is 32.1 Å². The summed E-state index contributed by atoms with van der Waals surface area (Å²) in [4.78, 5) is 13.5. The lowest BCUT2D eigenvalue weighted by Crippen LogP contribution is -2.45. The Morgan fingerprint density at radius 3 is 2.29 bits per heavy atom. The molecule has 0 N–H and O–H groups in total. The van der Waals surface area contributed by atoms with Gasteiger partial charge in [0.05, 0.1) is 0 Å². The predicted octanol–water partition coefficient (Wildman–Crippen LogP) is 2.41. The minimum absolute atomic E-state index is 0.245. The molecule has 0 bridgehead atoms. The van der Waals surface area contributed by atoms with Crippen LogP contribution in [0.25, 0.3) is 0 Å². The van der Waals surface area contributed by atoms with Crippen molar-refractivity contribution in [1.82, 2.24) is 4.90 Å².